The third-order valence-corrected chi connectivity index (χ3v) is 3.68. The lowest BCUT2D eigenvalue weighted by Gasteiger charge is -2.29. The molecular formula is C14H20N2O. The maximum Gasteiger partial charge on any atom is 0.161 e. The number of carbonyl (C=O) groups is 1. The summed E-state index contributed by atoms with van der Waals surface area (Å²) in [5, 5.41) is 0. The van der Waals surface area contributed by atoms with Gasteiger partial charge in [-0.1, -0.05) is 6.92 Å². The van der Waals surface area contributed by atoms with Crippen LogP contribution in [-0.2, 0) is 0 Å². The summed E-state index contributed by atoms with van der Waals surface area (Å²) in [6, 6.07) is 5.00. The molecule has 17 heavy (non-hydrogen) atoms. The van der Waals surface area contributed by atoms with Crippen molar-refractivity contribution in [2.75, 3.05) is 4.90 Å². The van der Waals surface area contributed by atoms with Crippen molar-refractivity contribution >= 4 is 11.6 Å². The summed E-state index contributed by atoms with van der Waals surface area (Å²) < 4.78 is 0. The summed E-state index contributed by atoms with van der Waals surface area (Å²) >= 11 is 0. The van der Waals surface area contributed by atoms with E-state index in [9.17, 15) is 4.79 Å². The molecule has 1 aromatic heterocycles. The van der Waals surface area contributed by atoms with Crippen LogP contribution in [0.5, 0.6) is 0 Å². The number of hydrogen-bond acceptors (Lipinski definition) is 3. The van der Waals surface area contributed by atoms with E-state index in [4.69, 9.17) is 0 Å². The molecule has 0 amide bonds. The van der Waals surface area contributed by atoms with E-state index >= 15 is 0 Å². The SMILES string of the molecule is CCC1CCC(C)N1c1ccc(C(C)=O)cn1. The molecule has 2 heterocycles. The fourth-order valence-electron chi connectivity index (χ4n) is 2.63. The summed E-state index contributed by atoms with van der Waals surface area (Å²) in [6.07, 6.45) is 5.32. The van der Waals surface area contributed by atoms with Gasteiger partial charge < -0.3 is 4.90 Å². The lowest BCUT2D eigenvalue weighted by atomic mass is 10.1. The number of Topliss-reactive ketones (excluding diaryl/α,β-unsaturated/α-hetero) is 1. The molecule has 0 spiro atoms. The van der Waals surface area contributed by atoms with Gasteiger partial charge in [-0.15, -0.1) is 0 Å². The van der Waals surface area contributed by atoms with Crippen LogP contribution in [0.15, 0.2) is 18.3 Å². The largest absolute Gasteiger partial charge is 0.351 e. The van der Waals surface area contributed by atoms with Gasteiger partial charge in [0.25, 0.3) is 0 Å². The first-order valence-corrected chi connectivity index (χ1v) is 6.38. The van der Waals surface area contributed by atoms with E-state index in [1.165, 1.54) is 12.8 Å². The molecule has 1 aromatic rings. The first kappa shape index (κ1) is 12.1. The number of carbonyl (C=O) groups excluding carboxylic acids is 1. The third kappa shape index (κ3) is 2.33. The van der Waals surface area contributed by atoms with Crippen molar-refractivity contribution < 1.29 is 4.79 Å². The Morgan fingerprint density at radius 2 is 2.24 bits per heavy atom. The Kier molecular flexibility index (Phi) is 3.46. The molecule has 3 heteroatoms. The number of anilines is 1. The Labute approximate surface area is 103 Å². The summed E-state index contributed by atoms with van der Waals surface area (Å²) in [7, 11) is 0. The van der Waals surface area contributed by atoms with Crippen molar-refractivity contribution in [1.29, 1.82) is 0 Å². The third-order valence-electron chi connectivity index (χ3n) is 3.68. The van der Waals surface area contributed by atoms with E-state index < -0.39 is 0 Å². The second kappa shape index (κ2) is 4.86. The standard InChI is InChI=1S/C14H20N2O/c1-4-13-7-5-10(2)16(13)14-8-6-12(9-15-14)11(3)17/h6,8-10,13H,4-5,7H2,1-3H3. The lowest BCUT2D eigenvalue weighted by Crippen LogP contribution is -2.34. The predicted molar refractivity (Wildman–Crippen MR) is 69.5 cm³/mol. The van der Waals surface area contributed by atoms with Crippen molar-refractivity contribution in [2.24, 2.45) is 0 Å². The highest BCUT2D eigenvalue weighted by molar-refractivity contribution is 5.93. The van der Waals surface area contributed by atoms with Gasteiger partial charge >= 0.3 is 0 Å². The van der Waals surface area contributed by atoms with Gasteiger partial charge in [0, 0.05) is 23.8 Å². The quantitative estimate of drug-likeness (QED) is 0.751. The van der Waals surface area contributed by atoms with Gasteiger partial charge in [-0.3, -0.25) is 4.79 Å². The van der Waals surface area contributed by atoms with Crippen molar-refractivity contribution in [3.8, 4) is 0 Å². The molecule has 0 aliphatic carbocycles. The highest BCUT2D eigenvalue weighted by atomic mass is 16.1. The van der Waals surface area contributed by atoms with Crippen LogP contribution in [0.2, 0.25) is 0 Å². The van der Waals surface area contributed by atoms with E-state index in [-0.39, 0.29) is 5.78 Å². The van der Waals surface area contributed by atoms with Gasteiger partial charge in [0.15, 0.2) is 5.78 Å². The average molecular weight is 232 g/mol. The number of aromatic nitrogens is 1. The minimum absolute atomic E-state index is 0.0746. The second-order valence-electron chi connectivity index (χ2n) is 4.86. The van der Waals surface area contributed by atoms with Gasteiger partial charge in [0.05, 0.1) is 0 Å². The van der Waals surface area contributed by atoms with Gasteiger partial charge in [-0.25, -0.2) is 4.98 Å². The molecule has 0 radical (unpaired) electrons. The van der Waals surface area contributed by atoms with Crippen LogP contribution in [0.25, 0.3) is 0 Å². The van der Waals surface area contributed by atoms with E-state index in [0.29, 0.717) is 17.6 Å². The fraction of sp³-hybridized carbons (Fsp3) is 0.571. The van der Waals surface area contributed by atoms with E-state index in [0.717, 1.165) is 12.2 Å². The maximum absolute atomic E-state index is 11.2. The second-order valence-corrected chi connectivity index (χ2v) is 4.86. The van der Waals surface area contributed by atoms with Crippen LogP contribution in [0, 0.1) is 0 Å². The molecule has 0 bridgehead atoms. The molecule has 1 fully saturated rings. The summed E-state index contributed by atoms with van der Waals surface area (Å²) in [6.45, 7) is 6.04. The number of nitrogens with zero attached hydrogens (tertiary/aromatic N) is 2. The Bertz CT molecular complexity index is 399. The summed E-state index contributed by atoms with van der Waals surface area (Å²) in [5.74, 6) is 1.08. The lowest BCUT2D eigenvalue weighted by molar-refractivity contribution is 0.101. The summed E-state index contributed by atoms with van der Waals surface area (Å²) in [4.78, 5) is 18.0. The van der Waals surface area contributed by atoms with Gasteiger partial charge in [-0.05, 0) is 45.2 Å². The van der Waals surface area contributed by atoms with E-state index in [1.54, 1.807) is 13.1 Å². The molecule has 2 unspecified atom stereocenters. The smallest absolute Gasteiger partial charge is 0.161 e. The molecule has 1 aliphatic rings. The van der Waals surface area contributed by atoms with Crippen molar-refractivity contribution in [1.82, 2.24) is 4.98 Å². The Morgan fingerprint density at radius 1 is 1.47 bits per heavy atom. The number of rotatable bonds is 3. The Morgan fingerprint density at radius 3 is 2.76 bits per heavy atom. The van der Waals surface area contributed by atoms with E-state index in [1.807, 2.05) is 12.1 Å². The zero-order valence-electron chi connectivity index (χ0n) is 10.8. The molecule has 0 saturated carbocycles. The van der Waals surface area contributed by atoms with Crippen molar-refractivity contribution in [3.05, 3.63) is 23.9 Å². The Balaban J connectivity index is 2.24. The van der Waals surface area contributed by atoms with Crippen LogP contribution >= 0.6 is 0 Å². The molecule has 3 nitrogen and oxygen atoms in total. The number of pyridine rings is 1. The molecule has 92 valence electrons. The molecular weight excluding hydrogens is 212 g/mol. The number of hydrogen-bond donors (Lipinski definition) is 0. The molecule has 1 saturated heterocycles. The molecule has 1 aliphatic heterocycles. The van der Waals surface area contributed by atoms with Gasteiger partial charge in [0.2, 0.25) is 0 Å². The van der Waals surface area contributed by atoms with E-state index in [2.05, 4.69) is 23.7 Å². The Hall–Kier alpha value is -1.38. The molecule has 2 rings (SSSR count). The van der Waals surface area contributed by atoms with Crippen LogP contribution in [-0.4, -0.2) is 22.9 Å². The predicted octanol–water partition coefficient (Wildman–Crippen LogP) is 3.05. The topological polar surface area (TPSA) is 33.2 Å². The van der Waals surface area contributed by atoms with Crippen LogP contribution in [0.4, 0.5) is 5.82 Å². The highest BCUT2D eigenvalue weighted by Gasteiger charge is 2.30. The highest BCUT2D eigenvalue weighted by Crippen LogP contribution is 2.30. The average Bonchev–Trinajstić information content (AvgIpc) is 2.70. The van der Waals surface area contributed by atoms with Crippen LogP contribution in [0.3, 0.4) is 0 Å². The molecule has 2 atom stereocenters. The molecule has 0 N–H and O–H groups in total. The normalized spacial score (nSPS) is 24.1. The molecule has 0 aromatic carbocycles. The summed E-state index contributed by atoms with van der Waals surface area (Å²) in [5.41, 5.74) is 0.689. The van der Waals surface area contributed by atoms with Crippen LogP contribution in [0.1, 0.15) is 50.4 Å². The number of ketones is 1. The maximum atomic E-state index is 11.2. The fourth-order valence-corrected chi connectivity index (χ4v) is 2.63. The van der Waals surface area contributed by atoms with Gasteiger partial charge in [-0.2, -0.15) is 0 Å². The first-order valence-electron chi connectivity index (χ1n) is 6.38. The van der Waals surface area contributed by atoms with Crippen molar-refractivity contribution in [2.45, 2.75) is 52.1 Å². The van der Waals surface area contributed by atoms with Crippen LogP contribution < -0.4 is 4.90 Å². The minimum atomic E-state index is 0.0746. The monoisotopic (exact) mass is 232 g/mol. The minimum Gasteiger partial charge on any atom is -0.351 e. The zero-order valence-corrected chi connectivity index (χ0v) is 10.8. The van der Waals surface area contributed by atoms with Gasteiger partial charge in [0.1, 0.15) is 5.82 Å². The van der Waals surface area contributed by atoms with Crippen molar-refractivity contribution in [3.63, 3.8) is 0 Å². The first-order chi connectivity index (χ1) is 8.13. The zero-order chi connectivity index (χ0) is 12.4.